The second-order valence-corrected chi connectivity index (χ2v) is 6.02. The molecular weight excluding hydrogens is 372 g/mol. The number of ether oxygens (including phenoxy) is 1. The average molecular weight is 385 g/mol. The number of allylic oxidation sites excluding steroid dienone is 1. The Balaban J connectivity index is 1.91. The van der Waals surface area contributed by atoms with Crippen molar-refractivity contribution < 1.29 is 13.9 Å². The summed E-state index contributed by atoms with van der Waals surface area (Å²) in [7, 11) is 1.59. The number of rotatable bonds is 4. The van der Waals surface area contributed by atoms with E-state index in [1.807, 2.05) is 12.1 Å². The zero-order valence-corrected chi connectivity index (χ0v) is 14.4. The fourth-order valence-corrected chi connectivity index (χ4v) is 2.62. The van der Waals surface area contributed by atoms with Crippen molar-refractivity contribution >= 4 is 38.8 Å². The predicted molar refractivity (Wildman–Crippen MR) is 96.5 cm³/mol. The number of carbonyl (C=O) groups is 1. The van der Waals surface area contributed by atoms with Crippen LogP contribution >= 0.6 is 15.9 Å². The molecule has 0 atom stereocenters. The molecule has 0 aliphatic carbocycles. The van der Waals surface area contributed by atoms with E-state index in [9.17, 15) is 9.59 Å². The lowest BCUT2D eigenvalue weighted by Gasteiger charge is -2.01. The number of methoxy groups -OCH3 is 1. The topological polar surface area (TPSA) is 56.5 Å². The first-order chi connectivity index (χ1) is 11.6. The Bertz CT molecular complexity index is 984. The fourth-order valence-electron chi connectivity index (χ4n) is 2.24. The van der Waals surface area contributed by atoms with Gasteiger partial charge >= 0.3 is 5.63 Å². The van der Waals surface area contributed by atoms with Gasteiger partial charge in [0, 0.05) is 9.86 Å². The van der Waals surface area contributed by atoms with Gasteiger partial charge < -0.3 is 9.15 Å². The molecule has 0 radical (unpaired) electrons. The normalized spacial score (nSPS) is 11.1. The van der Waals surface area contributed by atoms with E-state index in [-0.39, 0.29) is 5.56 Å². The third-order valence-corrected chi connectivity index (χ3v) is 4.00. The van der Waals surface area contributed by atoms with Gasteiger partial charge in [0.1, 0.15) is 16.9 Å². The first kappa shape index (κ1) is 16.2. The van der Waals surface area contributed by atoms with E-state index in [2.05, 4.69) is 15.9 Å². The molecule has 3 rings (SSSR count). The summed E-state index contributed by atoms with van der Waals surface area (Å²) >= 11 is 3.36. The number of fused-ring (bicyclic) bond motifs is 1. The molecule has 0 bridgehead atoms. The lowest BCUT2D eigenvalue weighted by molar-refractivity contribution is 0.104. The van der Waals surface area contributed by atoms with Crippen molar-refractivity contribution in [3.8, 4) is 5.75 Å². The molecule has 0 aliphatic rings. The molecule has 0 aliphatic heterocycles. The van der Waals surface area contributed by atoms with Gasteiger partial charge in [0.25, 0.3) is 0 Å². The van der Waals surface area contributed by atoms with Crippen LogP contribution in [0.25, 0.3) is 17.0 Å². The van der Waals surface area contributed by atoms with Crippen molar-refractivity contribution in [1.29, 1.82) is 0 Å². The summed E-state index contributed by atoms with van der Waals surface area (Å²) in [5.74, 6) is 0.334. The summed E-state index contributed by atoms with van der Waals surface area (Å²) in [6.07, 6.45) is 3.00. The van der Waals surface area contributed by atoms with Gasteiger partial charge in [0.05, 0.1) is 7.11 Å². The van der Waals surface area contributed by atoms with Crippen LogP contribution in [-0.4, -0.2) is 12.9 Å². The molecule has 1 aromatic heterocycles. The van der Waals surface area contributed by atoms with Gasteiger partial charge in [0.2, 0.25) is 0 Å². The van der Waals surface area contributed by atoms with Crippen molar-refractivity contribution in [2.75, 3.05) is 7.11 Å². The highest BCUT2D eigenvalue weighted by atomic mass is 79.9. The van der Waals surface area contributed by atoms with E-state index in [1.165, 1.54) is 6.08 Å². The van der Waals surface area contributed by atoms with Gasteiger partial charge in [-0.3, -0.25) is 4.79 Å². The zero-order valence-electron chi connectivity index (χ0n) is 12.8. The van der Waals surface area contributed by atoms with Gasteiger partial charge in [-0.15, -0.1) is 0 Å². The summed E-state index contributed by atoms with van der Waals surface area (Å²) in [6, 6.07) is 14.0. The largest absolute Gasteiger partial charge is 0.497 e. The van der Waals surface area contributed by atoms with Crippen molar-refractivity contribution in [3.63, 3.8) is 0 Å². The van der Waals surface area contributed by atoms with Gasteiger partial charge in [-0.1, -0.05) is 34.1 Å². The summed E-state index contributed by atoms with van der Waals surface area (Å²) in [5.41, 5.74) is 0.635. The maximum Gasteiger partial charge on any atom is 0.347 e. The van der Waals surface area contributed by atoms with E-state index in [0.717, 1.165) is 15.8 Å². The SMILES string of the molecule is COc1ccc(/C=C\C(=O)c2cc3cc(Br)ccc3oc2=O)cc1. The van der Waals surface area contributed by atoms with Crippen molar-refractivity contribution in [2.24, 2.45) is 0 Å². The molecule has 0 N–H and O–H groups in total. The molecule has 1 heterocycles. The molecule has 0 fully saturated rings. The Morgan fingerprint density at radius 1 is 1.12 bits per heavy atom. The van der Waals surface area contributed by atoms with Crippen LogP contribution in [0.4, 0.5) is 0 Å². The highest BCUT2D eigenvalue weighted by Crippen LogP contribution is 2.20. The Hall–Kier alpha value is -2.66. The molecule has 5 heteroatoms. The third-order valence-electron chi connectivity index (χ3n) is 3.50. The van der Waals surface area contributed by atoms with Crippen LogP contribution in [0.1, 0.15) is 15.9 Å². The number of hydrogen-bond donors (Lipinski definition) is 0. The monoisotopic (exact) mass is 384 g/mol. The lowest BCUT2D eigenvalue weighted by Crippen LogP contribution is -2.11. The van der Waals surface area contributed by atoms with Gasteiger partial charge in [-0.25, -0.2) is 4.79 Å². The molecule has 3 aromatic rings. The van der Waals surface area contributed by atoms with Gasteiger partial charge in [-0.2, -0.15) is 0 Å². The minimum atomic E-state index is -0.644. The second-order valence-electron chi connectivity index (χ2n) is 5.10. The average Bonchev–Trinajstić information content (AvgIpc) is 2.60. The van der Waals surface area contributed by atoms with Crippen molar-refractivity contribution in [2.45, 2.75) is 0 Å². The smallest absolute Gasteiger partial charge is 0.347 e. The van der Waals surface area contributed by atoms with E-state index < -0.39 is 11.4 Å². The number of benzene rings is 2. The Morgan fingerprint density at radius 2 is 1.88 bits per heavy atom. The zero-order chi connectivity index (χ0) is 17.1. The third kappa shape index (κ3) is 3.46. The summed E-state index contributed by atoms with van der Waals surface area (Å²) in [5, 5.41) is 0.685. The van der Waals surface area contributed by atoms with Gasteiger partial charge in [0.15, 0.2) is 5.78 Å². The summed E-state index contributed by atoms with van der Waals surface area (Å²) < 4.78 is 11.1. The van der Waals surface area contributed by atoms with Crippen LogP contribution in [0.3, 0.4) is 0 Å². The second kappa shape index (κ2) is 6.84. The van der Waals surface area contributed by atoms with Crippen LogP contribution in [0.5, 0.6) is 5.75 Å². The standard InChI is InChI=1S/C19H13BrO4/c1-23-15-6-2-12(3-7-15)4-8-17(21)16-11-13-10-14(20)5-9-18(13)24-19(16)22/h2-11H,1H3/b8-4-. The first-order valence-electron chi connectivity index (χ1n) is 7.17. The van der Waals surface area contributed by atoms with Crippen LogP contribution in [-0.2, 0) is 0 Å². The van der Waals surface area contributed by atoms with E-state index in [0.29, 0.717) is 11.0 Å². The highest BCUT2D eigenvalue weighted by Gasteiger charge is 2.11. The van der Waals surface area contributed by atoms with Crippen LogP contribution < -0.4 is 10.4 Å². The van der Waals surface area contributed by atoms with Gasteiger partial charge in [-0.05, 0) is 48.0 Å². The molecule has 4 nitrogen and oxygen atoms in total. The molecule has 24 heavy (non-hydrogen) atoms. The minimum Gasteiger partial charge on any atom is -0.497 e. The molecule has 0 unspecified atom stereocenters. The van der Waals surface area contributed by atoms with Crippen LogP contribution in [0.15, 0.2) is 68.3 Å². The Kier molecular flexibility index (Phi) is 4.62. The maximum absolute atomic E-state index is 12.3. The van der Waals surface area contributed by atoms with E-state index >= 15 is 0 Å². The molecule has 0 saturated heterocycles. The Labute approximate surface area is 146 Å². The molecule has 2 aromatic carbocycles. The van der Waals surface area contributed by atoms with Crippen molar-refractivity contribution in [3.05, 3.63) is 80.6 Å². The van der Waals surface area contributed by atoms with Crippen molar-refractivity contribution in [1.82, 2.24) is 0 Å². The molecule has 0 spiro atoms. The molecule has 0 amide bonds. The fraction of sp³-hybridized carbons (Fsp3) is 0.0526. The number of ketones is 1. The first-order valence-corrected chi connectivity index (χ1v) is 7.96. The number of hydrogen-bond acceptors (Lipinski definition) is 4. The highest BCUT2D eigenvalue weighted by molar-refractivity contribution is 9.10. The van der Waals surface area contributed by atoms with Crippen LogP contribution in [0.2, 0.25) is 0 Å². The van der Waals surface area contributed by atoms with Crippen LogP contribution in [0, 0.1) is 0 Å². The number of halogens is 1. The quantitative estimate of drug-likeness (QED) is 0.378. The summed E-state index contributed by atoms with van der Waals surface area (Å²) in [6.45, 7) is 0. The van der Waals surface area contributed by atoms with E-state index in [1.54, 1.807) is 49.6 Å². The summed E-state index contributed by atoms with van der Waals surface area (Å²) in [4.78, 5) is 24.3. The minimum absolute atomic E-state index is 0.00496. The molecule has 0 saturated carbocycles. The number of carbonyl (C=O) groups excluding carboxylic acids is 1. The molecular formula is C19H13BrO4. The van der Waals surface area contributed by atoms with E-state index in [4.69, 9.17) is 9.15 Å². The lowest BCUT2D eigenvalue weighted by atomic mass is 10.1. The molecule has 120 valence electrons. The predicted octanol–water partition coefficient (Wildman–Crippen LogP) is 4.46. The Morgan fingerprint density at radius 3 is 2.58 bits per heavy atom. The maximum atomic E-state index is 12.3.